The Bertz CT molecular complexity index is 907. The van der Waals surface area contributed by atoms with Gasteiger partial charge in [-0.2, -0.15) is 0 Å². The number of pyridine rings is 1. The highest BCUT2D eigenvalue weighted by molar-refractivity contribution is 9.10. The lowest BCUT2D eigenvalue weighted by Crippen LogP contribution is -1.92. The van der Waals surface area contributed by atoms with E-state index in [9.17, 15) is 10.1 Å². The monoisotopic (exact) mass is 370 g/mol. The van der Waals surface area contributed by atoms with E-state index in [1.165, 1.54) is 11.6 Å². The fourth-order valence-corrected chi connectivity index (χ4v) is 3.07. The van der Waals surface area contributed by atoms with Gasteiger partial charge >= 0.3 is 0 Å². The second-order valence-electron chi connectivity index (χ2n) is 5.73. The van der Waals surface area contributed by atoms with Crippen molar-refractivity contribution in [2.24, 2.45) is 0 Å². The minimum absolute atomic E-state index is 0.0682. The molecule has 0 unspecified atom stereocenters. The summed E-state index contributed by atoms with van der Waals surface area (Å²) in [7, 11) is 0. The largest absolute Gasteiger partial charge is 0.270 e. The second kappa shape index (κ2) is 6.08. The van der Waals surface area contributed by atoms with Gasteiger partial charge in [-0.15, -0.1) is 0 Å². The van der Waals surface area contributed by atoms with Crippen LogP contribution in [0.3, 0.4) is 0 Å². The third kappa shape index (κ3) is 3.10. The molecular formula is C18H15BrN2O2. The van der Waals surface area contributed by atoms with E-state index >= 15 is 0 Å². The number of hydrogen-bond donors (Lipinski definition) is 0. The third-order valence-electron chi connectivity index (χ3n) is 3.79. The Balaban J connectivity index is 2.14. The smallest absolute Gasteiger partial charge is 0.258 e. The van der Waals surface area contributed by atoms with Crippen LogP contribution in [0.4, 0.5) is 5.69 Å². The average molecular weight is 371 g/mol. The number of hydrogen-bond acceptors (Lipinski definition) is 3. The molecule has 5 heteroatoms. The molecule has 23 heavy (non-hydrogen) atoms. The molecule has 3 aromatic rings. The van der Waals surface area contributed by atoms with Crippen LogP contribution in [0.5, 0.6) is 0 Å². The van der Waals surface area contributed by atoms with E-state index in [1.807, 2.05) is 18.2 Å². The van der Waals surface area contributed by atoms with Crippen LogP contribution in [0, 0.1) is 10.1 Å². The van der Waals surface area contributed by atoms with E-state index in [4.69, 9.17) is 0 Å². The first kappa shape index (κ1) is 15.6. The lowest BCUT2D eigenvalue weighted by Gasteiger charge is -2.10. The predicted molar refractivity (Wildman–Crippen MR) is 95.6 cm³/mol. The van der Waals surface area contributed by atoms with Gasteiger partial charge in [0, 0.05) is 27.6 Å². The third-order valence-corrected chi connectivity index (χ3v) is 4.39. The average Bonchev–Trinajstić information content (AvgIpc) is 2.54. The van der Waals surface area contributed by atoms with Gasteiger partial charge in [0.1, 0.15) is 0 Å². The molecule has 116 valence electrons. The summed E-state index contributed by atoms with van der Waals surface area (Å²) in [5, 5.41) is 12.0. The highest BCUT2D eigenvalue weighted by atomic mass is 79.9. The lowest BCUT2D eigenvalue weighted by atomic mass is 10.0. The van der Waals surface area contributed by atoms with Crippen LogP contribution < -0.4 is 0 Å². The van der Waals surface area contributed by atoms with Crippen LogP contribution in [-0.2, 0) is 0 Å². The Labute approximate surface area is 142 Å². The van der Waals surface area contributed by atoms with E-state index < -0.39 is 4.92 Å². The van der Waals surface area contributed by atoms with Crippen molar-refractivity contribution in [3.05, 3.63) is 68.7 Å². The normalized spacial score (nSPS) is 11.1. The maximum Gasteiger partial charge on any atom is 0.270 e. The van der Waals surface area contributed by atoms with Crippen molar-refractivity contribution in [2.75, 3.05) is 0 Å². The van der Waals surface area contributed by atoms with Crippen LogP contribution in [0.2, 0.25) is 0 Å². The summed E-state index contributed by atoms with van der Waals surface area (Å²) >= 11 is 3.59. The quantitative estimate of drug-likeness (QED) is 0.439. The van der Waals surface area contributed by atoms with Crippen molar-refractivity contribution in [1.29, 1.82) is 0 Å². The van der Waals surface area contributed by atoms with Gasteiger partial charge in [0.15, 0.2) is 0 Å². The molecule has 1 heterocycles. The fourth-order valence-electron chi connectivity index (χ4n) is 2.49. The Morgan fingerprint density at radius 2 is 1.91 bits per heavy atom. The molecule has 3 rings (SSSR count). The van der Waals surface area contributed by atoms with E-state index in [0.29, 0.717) is 5.92 Å². The van der Waals surface area contributed by atoms with E-state index in [-0.39, 0.29) is 5.69 Å². The van der Waals surface area contributed by atoms with Crippen molar-refractivity contribution >= 4 is 32.5 Å². The number of benzene rings is 2. The van der Waals surface area contributed by atoms with Gasteiger partial charge in [-0.1, -0.05) is 32.0 Å². The topological polar surface area (TPSA) is 56.0 Å². The van der Waals surface area contributed by atoms with Gasteiger partial charge < -0.3 is 0 Å². The maximum absolute atomic E-state index is 10.9. The van der Waals surface area contributed by atoms with Gasteiger partial charge in [-0.05, 0) is 45.6 Å². The highest BCUT2D eigenvalue weighted by Crippen LogP contribution is 2.30. The number of aromatic nitrogens is 1. The lowest BCUT2D eigenvalue weighted by molar-refractivity contribution is -0.384. The van der Waals surface area contributed by atoms with Crippen LogP contribution in [0.1, 0.15) is 25.3 Å². The molecule has 0 fully saturated rings. The molecule has 0 saturated carbocycles. The molecule has 0 amide bonds. The molecule has 0 aliphatic carbocycles. The molecule has 0 atom stereocenters. The van der Waals surface area contributed by atoms with Crippen LogP contribution in [-0.4, -0.2) is 9.91 Å². The predicted octanol–water partition coefficient (Wildman–Crippen LogP) is 5.70. The zero-order valence-electron chi connectivity index (χ0n) is 12.8. The van der Waals surface area contributed by atoms with Crippen molar-refractivity contribution in [2.45, 2.75) is 19.8 Å². The number of rotatable bonds is 3. The first-order valence-electron chi connectivity index (χ1n) is 7.31. The zero-order chi connectivity index (χ0) is 16.6. The van der Waals surface area contributed by atoms with E-state index in [1.54, 1.807) is 12.1 Å². The Morgan fingerprint density at radius 1 is 1.13 bits per heavy atom. The number of fused-ring (bicyclic) bond motifs is 1. The van der Waals surface area contributed by atoms with E-state index in [0.717, 1.165) is 26.6 Å². The molecule has 0 radical (unpaired) electrons. The SMILES string of the molecule is CC(C)c1cc(Br)c2nc(-c3cccc([N+](=O)[O-])c3)ccc2c1. The Hall–Kier alpha value is -2.27. The first-order chi connectivity index (χ1) is 11.0. The van der Waals surface area contributed by atoms with Crippen molar-refractivity contribution in [1.82, 2.24) is 4.98 Å². The summed E-state index contributed by atoms with van der Waals surface area (Å²) < 4.78 is 0.936. The standard InChI is InChI=1S/C18H15BrN2O2/c1-11(2)14-8-13-6-7-17(20-18(13)16(19)10-14)12-4-3-5-15(9-12)21(22)23/h3-11H,1-2H3. The summed E-state index contributed by atoms with van der Waals surface area (Å²) in [6.07, 6.45) is 0. The van der Waals surface area contributed by atoms with Gasteiger partial charge in [0.2, 0.25) is 0 Å². The minimum Gasteiger partial charge on any atom is -0.258 e. The first-order valence-corrected chi connectivity index (χ1v) is 8.10. The van der Waals surface area contributed by atoms with Crippen molar-refractivity contribution in [3.63, 3.8) is 0 Å². The second-order valence-corrected chi connectivity index (χ2v) is 6.59. The molecule has 0 N–H and O–H groups in total. The summed E-state index contributed by atoms with van der Waals surface area (Å²) in [6.45, 7) is 4.30. The molecule has 2 aromatic carbocycles. The molecule has 1 aromatic heterocycles. The Morgan fingerprint density at radius 3 is 2.61 bits per heavy atom. The van der Waals surface area contributed by atoms with Crippen molar-refractivity contribution in [3.8, 4) is 11.3 Å². The molecule has 0 spiro atoms. The number of nitrogens with zero attached hydrogens (tertiary/aromatic N) is 2. The van der Waals surface area contributed by atoms with Gasteiger partial charge in [0.25, 0.3) is 5.69 Å². The fraction of sp³-hybridized carbons (Fsp3) is 0.167. The minimum atomic E-state index is -0.393. The molecule has 4 nitrogen and oxygen atoms in total. The van der Waals surface area contributed by atoms with Crippen molar-refractivity contribution < 1.29 is 4.92 Å². The number of non-ortho nitro benzene ring substituents is 1. The number of nitro groups is 1. The van der Waals surface area contributed by atoms with Crippen LogP contribution in [0.15, 0.2) is 53.0 Å². The van der Waals surface area contributed by atoms with Crippen LogP contribution in [0.25, 0.3) is 22.2 Å². The Kier molecular flexibility index (Phi) is 4.13. The molecular weight excluding hydrogens is 356 g/mol. The summed E-state index contributed by atoms with van der Waals surface area (Å²) in [5.74, 6) is 0.437. The molecule has 0 aliphatic rings. The maximum atomic E-state index is 10.9. The highest BCUT2D eigenvalue weighted by Gasteiger charge is 2.11. The summed E-state index contributed by atoms with van der Waals surface area (Å²) in [6, 6.07) is 14.7. The number of halogens is 1. The summed E-state index contributed by atoms with van der Waals surface area (Å²) in [4.78, 5) is 15.2. The zero-order valence-corrected chi connectivity index (χ0v) is 14.4. The molecule has 0 aliphatic heterocycles. The van der Waals surface area contributed by atoms with Crippen LogP contribution >= 0.6 is 15.9 Å². The van der Waals surface area contributed by atoms with Gasteiger partial charge in [-0.25, -0.2) is 4.98 Å². The van der Waals surface area contributed by atoms with Gasteiger partial charge in [0.05, 0.1) is 16.1 Å². The number of nitro benzene ring substituents is 1. The molecule has 0 bridgehead atoms. The molecule has 0 saturated heterocycles. The summed E-state index contributed by atoms with van der Waals surface area (Å²) in [5.41, 5.74) is 3.63. The van der Waals surface area contributed by atoms with Gasteiger partial charge in [-0.3, -0.25) is 10.1 Å². The van der Waals surface area contributed by atoms with E-state index in [2.05, 4.69) is 46.9 Å².